The van der Waals surface area contributed by atoms with Crippen molar-refractivity contribution in [3.8, 4) is 0 Å². The van der Waals surface area contributed by atoms with Gasteiger partial charge < -0.3 is 14.7 Å². The van der Waals surface area contributed by atoms with Crippen LogP contribution in [-0.2, 0) is 14.3 Å². The molecule has 0 bridgehead atoms. The van der Waals surface area contributed by atoms with E-state index in [2.05, 4.69) is 0 Å². The standard InChI is InChI=1S/C12H21NO4/c1-6-8(3)17-9(4)10(6)11(14)13(5)7(2)12(15)16/h6-10H,1-5H3,(H,15,16). The molecule has 1 fully saturated rings. The number of rotatable bonds is 3. The number of carbonyl (C=O) groups excluding carboxylic acids is 1. The van der Waals surface area contributed by atoms with E-state index in [-0.39, 0.29) is 30.0 Å². The third-order valence-electron chi connectivity index (χ3n) is 3.81. The van der Waals surface area contributed by atoms with Crippen LogP contribution < -0.4 is 0 Å². The van der Waals surface area contributed by atoms with Crippen LogP contribution in [0.25, 0.3) is 0 Å². The van der Waals surface area contributed by atoms with Crippen LogP contribution >= 0.6 is 0 Å². The molecule has 0 aromatic carbocycles. The van der Waals surface area contributed by atoms with E-state index < -0.39 is 12.0 Å². The Labute approximate surface area is 102 Å². The van der Waals surface area contributed by atoms with Crippen LogP contribution in [-0.4, -0.2) is 47.2 Å². The molecule has 0 aliphatic carbocycles. The quantitative estimate of drug-likeness (QED) is 0.802. The van der Waals surface area contributed by atoms with E-state index in [1.165, 1.54) is 18.9 Å². The monoisotopic (exact) mass is 243 g/mol. The highest BCUT2D eigenvalue weighted by Gasteiger charge is 2.43. The van der Waals surface area contributed by atoms with E-state index in [1.807, 2.05) is 20.8 Å². The predicted octanol–water partition coefficient (Wildman–Crippen LogP) is 0.977. The number of carboxylic acids is 1. The van der Waals surface area contributed by atoms with Crippen molar-refractivity contribution in [1.82, 2.24) is 4.90 Å². The third kappa shape index (κ3) is 2.60. The number of aliphatic carboxylic acids is 1. The minimum absolute atomic E-state index is 0.0347. The zero-order valence-corrected chi connectivity index (χ0v) is 11.0. The van der Waals surface area contributed by atoms with Gasteiger partial charge in [0.15, 0.2) is 0 Å². The number of ether oxygens (including phenoxy) is 1. The Bertz CT molecular complexity index is 318. The first kappa shape index (κ1) is 14.0. The first-order valence-electron chi connectivity index (χ1n) is 5.92. The molecule has 5 atom stereocenters. The first-order valence-corrected chi connectivity index (χ1v) is 5.92. The number of amides is 1. The summed E-state index contributed by atoms with van der Waals surface area (Å²) in [6, 6.07) is -0.808. The van der Waals surface area contributed by atoms with Crippen molar-refractivity contribution in [3.63, 3.8) is 0 Å². The Morgan fingerprint density at radius 2 is 1.76 bits per heavy atom. The lowest BCUT2D eigenvalue weighted by atomic mass is 9.88. The normalized spacial score (nSPS) is 34.4. The Hall–Kier alpha value is -1.10. The summed E-state index contributed by atoms with van der Waals surface area (Å²) < 4.78 is 5.60. The van der Waals surface area contributed by atoms with E-state index >= 15 is 0 Å². The number of likely N-dealkylation sites (N-methyl/N-ethyl adjacent to an activating group) is 1. The maximum Gasteiger partial charge on any atom is 0.326 e. The van der Waals surface area contributed by atoms with Gasteiger partial charge in [-0.3, -0.25) is 4.79 Å². The molecular weight excluding hydrogens is 222 g/mol. The Morgan fingerprint density at radius 1 is 1.24 bits per heavy atom. The molecule has 5 unspecified atom stereocenters. The molecule has 0 saturated carbocycles. The highest BCUT2D eigenvalue weighted by Crippen LogP contribution is 2.33. The molecule has 0 aromatic rings. The molecule has 1 rings (SSSR count). The number of hydrogen-bond acceptors (Lipinski definition) is 3. The van der Waals surface area contributed by atoms with Gasteiger partial charge in [0.1, 0.15) is 6.04 Å². The van der Waals surface area contributed by atoms with Gasteiger partial charge in [-0.25, -0.2) is 4.79 Å². The Kier molecular flexibility index (Phi) is 4.14. The molecule has 5 heteroatoms. The zero-order chi connectivity index (χ0) is 13.3. The van der Waals surface area contributed by atoms with Crippen LogP contribution in [0.2, 0.25) is 0 Å². The van der Waals surface area contributed by atoms with E-state index in [1.54, 1.807) is 0 Å². The highest BCUT2D eigenvalue weighted by molar-refractivity contribution is 5.85. The fourth-order valence-corrected chi connectivity index (χ4v) is 2.28. The lowest BCUT2D eigenvalue weighted by molar-refractivity contribution is -0.151. The summed E-state index contributed by atoms with van der Waals surface area (Å²) in [7, 11) is 1.53. The molecule has 98 valence electrons. The summed E-state index contributed by atoms with van der Waals surface area (Å²) in [5.41, 5.74) is 0. The predicted molar refractivity (Wildman–Crippen MR) is 62.5 cm³/mol. The van der Waals surface area contributed by atoms with Crippen molar-refractivity contribution < 1.29 is 19.4 Å². The lowest BCUT2D eigenvalue weighted by Gasteiger charge is -2.27. The van der Waals surface area contributed by atoms with Gasteiger partial charge in [-0.2, -0.15) is 0 Å². The molecule has 1 saturated heterocycles. The minimum atomic E-state index is -0.992. The van der Waals surface area contributed by atoms with Crippen LogP contribution in [0.15, 0.2) is 0 Å². The summed E-state index contributed by atoms with van der Waals surface area (Å²) in [4.78, 5) is 24.4. The van der Waals surface area contributed by atoms with Crippen molar-refractivity contribution >= 4 is 11.9 Å². The third-order valence-corrected chi connectivity index (χ3v) is 3.81. The van der Waals surface area contributed by atoms with Crippen molar-refractivity contribution in [2.75, 3.05) is 7.05 Å². The van der Waals surface area contributed by atoms with Gasteiger partial charge in [-0.05, 0) is 26.7 Å². The Morgan fingerprint density at radius 3 is 2.12 bits per heavy atom. The second kappa shape index (κ2) is 5.04. The molecule has 1 aliphatic rings. The maximum atomic E-state index is 12.2. The fraction of sp³-hybridized carbons (Fsp3) is 0.833. The van der Waals surface area contributed by atoms with Crippen LogP contribution in [0.4, 0.5) is 0 Å². The summed E-state index contributed by atoms with van der Waals surface area (Å²) >= 11 is 0. The summed E-state index contributed by atoms with van der Waals surface area (Å²) in [5, 5.41) is 8.90. The van der Waals surface area contributed by atoms with Gasteiger partial charge in [0, 0.05) is 7.05 Å². The van der Waals surface area contributed by atoms with Gasteiger partial charge in [0.25, 0.3) is 0 Å². The second-order valence-electron chi connectivity index (χ2n) is 4.89. The average Bonchev–Trinajstić information content (AvgIpc) is 2.50. The Balaban J connectivity index is 2.79. The van der Waals surface area contributed by atoms with Crippen LogP contribution in [0.3, 0.4) is 0 Å². The van der Waals surface area contributed by atoms with Crippen LogP contribution in [0, 0.1) is 11.8 Å². The van der Waals surface area contributed by atoms with Crippen molar-refractivity contribution in [1.29, 1.82) is 0 Å². The topological polar surface area (TPSA) is 66.8 Å². The van der Waals surface area contributed by atoms with E-state index in [0.29, 0.717) is 0 Å². The molecule has 1 aliphatic heterocycles. The van der Waals surface area contributed by atoms with E-state index in [4.69, 9.17) is 9.84 Å². The van der Waals surface area contributed by atoms with Crippen LogP contribution in [0.5, 0.6) is 0 Å². The molecule has 1 heterocycles. The SMILES string of the molecule is CC1OC(C)C(C(=O)N(C)C(C)C(=O)O)C1C. The molecule has 0 spiro atoms. The molecule has 5 nitrogen and oxygen atoms in total. The van der Waals surface area contributed by atoms with Gasteiger partial charge in [0.2, 0.25) is 5.91 Å². The first-order chi connectivity index (χ1) is 7.77. The average molecular weight is 243 g/mol. The summed E-state index contributed by atoms with van der Waals surface area (Å²) in [6.07, 6.45) is -0.122. The van der Waals surface area contributed by atoms with E-state index in [0.717, 1.165) is 0 Å². The van der Waals surface area contributed by atoms with Crippen molar-refractivity contribution in [2.45, 2.75) is 45.9 Å². The number of carbonyl (C=O) groups is 2. The highest BCUT2D eigenvalue weighted by atomic mass is 16.5. The largest absolute Gasteiger partial charge is 0.480 e. The molecule has 1 amide bonds. The van der Waals surface area contributed by atoms with Crippen LogP contribution in [0.1, 0.15) is 27.7 Å². The maximum absolute atomic E-state index is 12.2. The summed E-state index contributed by atoms with van der Waals surface area (Å²) in [5.74, 6) is -1.28. The van der Waals surface area contributed by atoms with Crippen molar-refractivity contribution in [2.24, 2.45) is 11.8 Å². The van der Waals surface area contributed by atoms with Gasteiger partial charge in [-0.1, -0.05) is 6.92 Å². The van der Waals surface area contributed by atoms with E-state index in [9.17, 15) is 9.59 Å². The van der Waals surface area contributed by atoms with Crippen molar-refractivity contribution in [3.05, 3.63) is 0 Å². The molecule has 0 aromatic heterocycles. The number of hydrogen-bond donors (Lipinski definition) is 1. The fourth-order valence-electron chi connectivity index (χ4n) is 2.28. The minimum Gasteiger partial charge on any atom is -0.480 e. The zero-order valence-electron chi connectivity index (χ0n) is 11.0. The second-order valence-corrected chi connectivity index (χ2v) is 4.89. The molecular formula is C12H21NO4. The molecule has 1 N–H and O–H groups in total. The smallest absolute Gasteiger partial charge is 0.326 e. The molecule has 0 radical (unpaired) electrons. The summed E-state index contributed by atoms with van der Waals surface area (Å²) in [6.45, 7) is 7.28. The molecule has 17 heavy (non-hydrogen) atoms. The number of carboxylic acid groups (broad SMARTS) is 1. The van der Waals surface area contributed by atoms with Gasteiger partial charge in [-0.15, -0.1) is 0 Å². The van der Waals surface area contributed by atoms with Gasteiger partial charge in [0.05, 0.1) is 18.1 Å². The number of nitrogens with zero attached hydrogens (tertiary/aromatic N) is 1. The van der Waals surface area contributed by atoms with Gasteiger partial charge >= 0.3 is 5.97 Å². The lowest BCUT2D eigenvalue weighted by Crippen LogP contribution is -2.46.